The van der Waals surface area contributed by atoms with Gasteiger partial charge in [-0.3, -0.25) is 14.4 Å². The van der Waals surface area contributed by atoms with Gasteiger partial charge in [-0.1, -0.05) is 44.6 Å². The Morgan fingerprint density at radius 3 is 2.16 bits per heavy atom. The van der Waals surface area contributed by atoms with E-state index in [0.29, 0.717) is 56.9 Å². The number of amides is 1. The molecule has 2 fully saturated rings. The maximum atomic E-state index is 14.2. The number of ketones is 2. The number of nitrogens with zero attached hydrogens (tertiary/aromatic N) is 1. The van der Waals surface area contributed by atoms with Crippen LogP contribution in [0.25, 0.3) is 0 Å². The molecule has 0 aromatic rings. The van der Waals surface area contributed by atoms with Crippen LogP contribution in [-0.4, -0.2) is 136 Å². The zero-order chi connectivity index (χ0) is 43.5. The molecule has 0 radical (unpaired) electrons. The number of allylic oxidation sites excluding steroid dienone is 4. The van der Waals surface area contributed by atoms with E-state index in [1.807, 2.05) is 26.0 Å². The van der Waals surface area contributed by atoms with Crippen LogP contribution in [0.3, 0.4) is 0 Å². The Balaban J connectivity index is 2.10. The van der Waals surface area contributed by atoms with Crippen molar-refractivity contribution in [2.75, 3.05) is 27.9 Å². The highest BCUT2D eigenvalue weighted by molar-refractivity contribution is 6.08. The molecule has 13 atom stereocenters. The Morgan fingerprint density at radius 1 is 0.897 bits per heavy atom. The summed E-state index contributed by atoms with van der Waals surface area (Å²) in [6.07, 6.45) is 2.82. The molecule has 0 aromatic carbocycles. The Labute approximate surface area is 344 Å². The van der Waals surface area contributed by atoms with E-state index in [1.54, 1.807) is 19.9 Å². The van der Waals surface area contributed by atoms with Crippen molar-refractivity contribution in [3.05, 3.63) is 36.0 Å². The summed E-state index contributed by atoms with van der Waals surface area (Å²) in [7, 11) is 4.35. The molecule has 14 nitrogen and oxygen atoms in total. The van der Waals surface area contributed by atoms with Crippen molar-refractivity contribution >= 4 is 23.4 Å². The molecular formula is C44H71NO13. The molecule has 14 heteroatoms. The minimum absolute atomic E-state index is 0.0337. The number of esters is 1. The average molecular weight is 822 g/mol. The van der Waals surface area contributed by atoms with Gasteiger partial charge >= 0.3 is 11.8 Å². The van der Waals surface area contributed by atoms with Crippen molar-refractivity contribution in [2.24, 2.45) is 29.6 Å². The molecule has 330 valence electrons. The van der Waals surface area contributed by atoms with Gasteiger partial charge in [-0.15, -0.1) is 6.58 Å². The first-order chi connectivity index (χ1) is 27.3. The summed E-state index contributed by atoms with van der Waals surface area (Å²) >= 11 is 0. The number of ether oxygens (including phenoxy) is 4. The molecule has 2 aliphatic heterocycles. The number of cyclic esters (lactones) is 1. The summed E-state index contributed by atoms with van der Waals surface area (Å²) in [4.78, 5) is 56.6. The lowest BCUT2D eigenvalue weighted by atomic mass is 9.81. The van der Waals surface area contributed by atoms with Crippen LogP contribution >= 0.6 is 0 Å². The molecule has 1 saturated carbocycles. The van der Waals surface area contributed by atoms with Crippen LogP contribution in [0.1, 0.15) is 105 Å². The normalized spacial score (nSPS) is 37.4. The zero-order valence-corrected chi connectivity index (χ0v) is 35.9. The van der Waals surface area contributed by atoms with Gasteiger partial charge < -0.3 is 49.4 Å². The van der Waals surface area contributed by atoms with Crippen LogP contribution in [0.5, 0.6) is 0 Å². The predicted molar refractivity (Wildman–Crippen MR) is 216 cm³/mol. The third-order valence-electron chi connectivity index (χ3n) is 12.5. The summed E-state index contributed by atoms with van der Waals surface area (Å²) in [6.45, 7) is 12.6. The fourth-order valence-electron chi connectivity index (χ4n) is 9.01. The van der Waals surface area contributed by atoms with Crippen LogP contribution in [0.4, 0.5) is 0 Å². The first-order valence-electron chi connectivity index (χ1n) is 20.9. The third kappa shape index (κ3) is 12.8. The molecule has 3 rings (SSSR count). The molecular weight excluding hydrogens is 750 g/mol. The quantitative estimate of drug-likeness (QED) is 0.108. The molecule has 5 N–H and O–H groups in total. The Bertz CT molecular complexity index is 1460. The number of piperidine rings is 1. The van der Waals surface area contributed by atoms with Crippen LogP contribution in [0.2, 0.25) is 0 Å². The van der Waals surface area contributed by atoms with E-state index >= 15 is 0 Å². The highest BCUT2D eigenvalue weighted by Gasteiger charge is 2.51. The minimum Gasteiger partial charge on any atom is -0.456 e. The summed E-state index contributed by atoms with van der Waals surface area (Å²) in [5, 5.41) is 55.9. The highest BCUT2D eigenvalue weighted by atomic mass is 16.6. The van der Waals surface area contributed by atoms with Crippen molar-refractivity contribution in [1.29, 1.82) is 0 Å². The van der Waals surface area contributed by atoms with Gasteiger partial charge in [0, 0.05) is 52.0 Å². The van der Waals surface area contributed by atoms with Crippen LogP contribution < -0.4 is 0 Å². The molecule has 0 aromatic heterocycles. The van der Waals surface area contributed by atoms with Gasteiger partial charge in [-0.25, -0.2) is 4.79 Å². The molecule has 1 amide bonds. The van der Waals surface area contributed by atoms with E-state index in [1.165, 1.54) is 28.3 Å². The van der Waals surface area contributed by atoms with Gasteiger partial charge in [-0.2, -0.15) is 0 Å². The molecule has 1 saturated heterocycles. The number of hydrogen-bond acceptors (Lipinski definition) is 13. The van der Waals surface area contributed by atoms with Gasteiger partial charge in [0.1, 0.15) is 24.0 Å². The molecule has 3 aliphatic rings. The average Bonchev–Trinajstić information content (AvgIpc) is 3.19. The summed E-state index contributed by atoms with van der Waals surface area (Å²) in [5.74, 6) is -9.80. The van der Waals surface area contributed by atoms with Gasteiger partial charge in [-0.05, 0) is 95.5 Å². The second-order valence-electron chi connectivity index (χ2n) is 17.2. The monoisotopic (exact) mass is 821 g/mol. The molecule has 1 aliphatic carbocycles. The smallest absolute Gasteiger partial charge is 0.329 e. The van der Waals surface area contributed by atoms with Gasteiger partial charge in [0.15, 0.2) is 0 Å². The number of fused-ring (bicyclic) bond motifs is 1. The fraction of sp³-hybridized carbons (Fsp3) is 0.773. The first kappa shape index (κ1) is 49.5. The number of aliphatic hydroxyl groups excluding tert-OH is 3. The second-order valence-corrected chi connectivity index (χ2v) is 17.2. The summed E-state index contributed by atoms with van der Waals surface area (Å²) in [5.41, 5.74) is 1.52. The maximum absolute atomic E-state index is 14.2. The number of hydrogen-bond donors (Lipinski definition) is 5. The van der Waals surface area contributed by atoms with Crippen molar-refractivity contribution < 1.29 is 63.7 Å². The van der Waals surface area contributed by atoms with E-state index in [0.717, 1.165) is 10.5 Å². The van der Waals surface area contributed by atoms with Crippen molar-refractivity contribution in [1.82, 2.24) is 4.90 Å². The lowest BCUT2D eigenvalue weighted by Gasteiger charge is -2.39. The Kier molecular flexibility index (Phi) is 19.4. The van der Waals surface area contributed by atoms with E-state index in [2.05, 4.69) is 6.58 Å². The Hall–Kier alpha value is -2.82. The number of Topliss-reactive ketones (excluding diaryl/α,β-unsaturated/α-hetero) is 2. The van der Waals surface area contributed by atoms with E-state index in [-0.39, 0.29) is 49.5 Å². The first-order valence-corrected chi connectivity index (χ1v) is 20.9. The summed E-state index contributed by atoms with van der Waals surface area (Å²) in [6, 6.07) is -1.28. The Morgan fingerprint density at radius 2 is 1.53 bits per heavy atom. The van der Waals surface area contributed by atoms with Gasteiger partial charge in [0.2, 0.25) is 5.78 Å². The van der Waals surface area contributed by atoms with Crippen molar-refractivity contribution in [3.8, 4) is 0 Å². The van der Waals surface area contributed by atoms with E-state index in [9.17, 15) is 44.7 Å². The lowest BCUT2D eigenvalue weighted by molar-refractivity contribution is -0.206. The van der Waals surface area contributed by atoms with E-state index < -0.39 is 83.9 Å². The number of rotatable bonds is 7. The molecule has 13 unspecified atom stereocenters. The van der Waals surface area contributed by atoms with Gasteiger partial charge in [0.05, 0.1) is 30.5 Å². The van der Waals surface area contributed by atoms with Gasteiger partial charge in [0.25, 0.3) is 5.91 Å². The van der Waals surface area contributed by atoms with Crippen molar-refractivity contribution in [3.63, 3.8) is 0 Å². The zero-order valence-electron chi connectivity index (χ0n) is 35.9. The third-order valence-corrected chi connectivity index (χ3v) is 12.5. The molecule has 58 heavy (non-hydrogen) atoms. The lowest BCUT2D eigenvalue weighted by Crippen LogP contribution is -2.61. The molecule has 2 heterocycles. The highest BCUT2D eigenvalue weighted by Crippen LogP contribution is 2.33. The molecule has 0 bridgehead atoms. The fourth-order valence-corrected chi connectivity index (χ4v) is 9.01. The maximum Gasteiger partial charge on any atom is 0.329 e. The second kappa shape index (κ2) is 22.7. The topological polar surface area (TPSA) is 210 Å². The molecule has 0 spiro atoms. The number of carbonyl (C=O) groups is 4. The van der Waals surface area contributed by atoms with Crippen LogP contribution in [0.15, 0.2) is 36.0 Å². The summed E-state index contributed by atoms with van der Waals surface area (Å²) < 4.78 is 22.9. The van der Waals surface area contributed by atoms with Crippen LogP contribution in [-0.2, 0) is 38.1 Å². The standard InChI is InChI=1S/C44H71NO13/c1-10-13-31-19-25(2)18-26(3)20-37(56-8)39(49)38(57-9)22-28(5)41(50)44(53,54)43(52)45-17-12-11-14-32(45)42(51)58-40(29(6)34(47)24-35(31)48)27(4)21-30-15-16-33(46)36(23-30)55-7/h10,19,21,26,28-34,36-40,46-47,49,53-54H,1,11-18,20,22-24H2,2-9H3. The number of methoxy groups -OCH3 is 3. The van der Waals surface area contributed by atoms with Crippen molar-refractivity contribution in [2.45, 2.75) is 160 Å². The SMILES string of the molecule is C=CCC1C=C(C)CC(C)CC(OC)C(O)C(OC)CC(C)C(=O)C(O)(O)C(=O)N2CCCCC2C(=O)OC(C(C)=CC2CCC(O)C(OC)C2)C(C)C(O)CC1=O. The minimum atomic E-state index is -3.50. The van der Waals surface area contributed by atoms with Crippen LogP contribution in [0, 0.1) is 29.6 Å². The largest absolute Gasteiger partial charge is 0.456 e. The predicted octanol–water partition coefficient (Wildman–Crippen LogP) is 3.59. The number of aliphatic hydroxyl groups is 5. The van der Waals surface area contributed by atoms with E-state index in [4.69, 9.17) is 18.9 Å². The number of carbonyl (C=O) groups excluding carboxylic acids is 4.